The van der Waals surface area contributed by atoms with E-state index in [2.05, 4.69) is 34.6 Å². The fourth-order valence-electron chi connectivity index (χ4n) is 7.28. The maximum Gasteiger partial charge on any atom is 0.306 e. The molecule has 6 nitrogen and oxygen atoms in total. The molecular weight excluding hydrogens is 685 g/mol. The lowest BCUT2D eigenvalue weighted by atomic mass is 10.0. The summed E-state index contributed by atoms with van der Waals surface area (Å²) in [6.45, 7) is 11.3. The third-order valence-electron chi connectivity index (χ3n) is 11.0. The molecule has 0 saturated heterocycles. The fourth-order valence-corrected chi connectivity index (χ4v) is 7.28. The molecule has 0 aliphatic rings. The second kappa shape index (κ2) is 42.0. The van der Waals surface area contributed by atoms with Crippen LogP contribution >= 0.6 is 0 Å². The Morgan fingerprint density at radius 3 is 0.891 bits per heavy atom. The van der Waals surface area contributed by atoms with Crippen LogP contribution in [0.2, 0.25) is 0 Å². The molecule has 0 aromatic heterocycles. The molecule has 0 N–H and O–H groups in total. The highest BCUT2D eigenvalue weighted by Crippen LogP contribution is 2.17. The Morgan fingerprint density at radius 1 is 0.345 bits per heavy atom. The molecule has 0 unspecified atom stereocenters. The largest absolute Gasteiger partial charge is 0.462 e. The van der Waals surface area contributed by atoms with Gasteiger partial charge in [0.2, 0.25) is 0 Å². The van der Waals surface area contributed by atoms with Gasteiger partial charge in [-0.2, -0.15) is 0 Å². The number of hydrogen-bond acceptors (Lipinski definition) is 6. The van der Waals surface area contributed by atoms with Crippen LogP contribution in [0.15, 0.2) is 0 Å². The van der Waals surface area contributed by atoms with Crippen molar-refractivity contribution in [2.45, 2.75) is 272 Å². The van der Waals surface area contributed by atoms with E-state index in [0.717, 1.165) is 69.6 Å². The second-order valence-corrected chi connectivity index (χ2v) is 17.7. The molecule has 6 heteroatoms. The van der Waals surface area contributed by atoms with E-state index in [9.17, 15) is 14.4 Å². The van der Waals surface area contributed by atoms with Crippen LogP contribution in [0.4, 0.5) is 0 Å². The minimum Gasteiger partial charge on any atom is -0.462 e. The monoisotopic (exact) mass is 779 g/mol. The molecule has 1 atom stereocenters. The van der Waals surface area contributed by atoms with Crippen LogP contribution in [0.1, 0.15) is 266 Å². The van der Waals surface area contributed by atoms with Crippen molar-refractivity contribution in [1.29, 1.82) is 0 Å². The van der Waals surface area contributed by atoms with Crippen LogP contribution in [0.25, 0.3) is 0 Å². The van der Waals surface area contributed by atoms with Gasteiger partial charge in [0.25, 0.3) is 0 Å². The van der Waals surface area contributed by atoms with Crippen molar-refractivity contribution in [2.24, 2.45) is 11.8 Å². The normalized spacial score (nSPS) is 12.1. The number of hydrogen-bond donors (Lipinski definition) is 0. The predicted octanol–water partition coefficient (Wildman–Crippen LogP) is 15.4. The third-order valence-corrected chi connectivity index (χ3v) is 11.0. The SMILES string of the molecule is CCCCCCCCCCCCCC(=O)O[C@@H](COC(=O)CCCCCCCCCCCCCC(C)C)COC(=O)CCCCCCCCCCCC(C)C. The first-order chi connectivity index (χ1) is 26.7. The quantitative estimate of drug-likeness (QED) is 0.0348. The van der Waals surface area contributed by atoms with Crippen molar-refractivity contribution in [3.8, 4) is 0 Å². The van der Waals surface area contributed by atoms with E-state index in [0.29, 0.717) is 19.3 Å². The van der Waals surface area contributed by atoms with Crippen LogP contribution in [-0.2, 0) is 28.6 Å². The molecule has 0 amide bonds. The van der Waals surface area contributed by atoms with E-state index in [1.165, 1.54) is 154 Å². The van der Waals surface area contributed by atoms with E-state index >= 15 is 0 Å². The lowest BCUT2D eigenvalue weighted by Crippen LogP contribution is -2.30. The molecule has 0 saturated carbocycles. The average Bonchev–Trinajstić information content (AvgIpc) is 3.15. The average molecular weight is 779 g/mol. The Hall–Kier alpha value is -1.59. The summed E-state index contributed by atoms with van der Waals surface area (Å²) in [7, 11) is 0. The second-order valence-electron chi connectivity index (χ2n) is 17.7. The number of esters is 3. The summed E-state index contributed by atoms with van der Waals surface area (Å²) < 4.78 is 16.8. The summed E-state index contributed by atoms with van der Waals surface area (Å²) in [5.74, 6) is 0.781. The maximum atomic E-state index is 12.7. The van der Waals surface area contributed by atoms with Crippen molar-refractivity contribution in [1.82, 2.24) is 0 Å². The van der Waals surface area contributed by atoms with E-state index in [4.69, 9.17) is 14.2 Å². The van der Waals surface area contributed by atoms with Gasteiger partial charge in [-0.05, 0) is 31.1 Å². The minimum absolute atomic E-state index is 0.0644. The zero-order chi connectivity index (χ0) is 40.5. The molecule has 326 valence electrons. The van der Waals surface area contributed by atoms with Crippen LogP contribution < -0.4 is 0 Å². The van der Waals surface area contributed by atoms with Crippen molar-refractivity contribution in [3.63, 3.8) is 0 Å². The molecule has 0 radical (unpaired) electrons. The maximum absolute atomic E-state index is 12.7. The summed E-state index contributed by atoms with van der Waals surface area (Å²) in [5, 5.41) is 0. The third kappa shape index (κ3) is 43.4. The van der Waals surface area contributed by atoms with Crippen molar-refractivity contribution >= 4 is 17.9 Å². The van der Waals surface area contributed by atoms with Gasteiger partial charge < -0.3 is 14.2 Å². The molecule has 0 aromatic carbocycles. The van der Waals surface area contributed by atoms with Crippen molar-refractivity contribution < 1.29 is 28.6 Å². The van der Waals surface area contributed by atoms with E-state index in [-0.39, 0.29) is 31.1 Å². The summed E-state index contributed by atoms with van der Waals surface area (Å²) in [5.41, 5.74) is 0. The minimum atomic E-state index is -0.760. The summed E-state index contributed by atoms with van der Waals surface area (Å²) in [6.07, 6.45) is 40.9. The first-order valence-corrected chi connectivity index (χ1v) is 24.2. The molecule has 0 fully saturated rings. The highest BCUT2D eigenvalue weighted by molar-refractivity contribution is 5.71. The summed E-state index contributed by atoms with van der Waals surface area (Å²) >= 11 is 0. The van der Waals surface area contributed by atoms with Gasteiger partial charge in [-0.15, -0.1) is 0 Å². The molecule has 55 heavy (non-hydrogen) atoms. The number of carbonyl (C=O) groups is 3. The smallest absolute Gasteiger partial charge is 0.306 e. The van der Waals surface area contributed by atoms with E-state index < -0.39 is 6.10 Å². The Balaban J connectivity index is 4.32. The van der Waals surface area contributed by atoms with Crippen LogP contribution in [0, 0.1) is 11.8 Å². The molecule has 0 heterocycles. The molecular formula is C49H94O6. The molecule has 0 rings (SSSR count). The van der Waals surface area contributed by atoms with Gasteiger partial charge in [0, 0.05) is 19.3 Å². The van der Waals surface area contributed by atoms with Crippen LogP contribution in [0.3, 0.4) is 0 Å². The van der Waals surface area contributed by atoms with E-state index in [1.807, 2.05) is 0 Å². The first kappa shape index (κ1) is 53.4. The Labute approximate surface area is 342 Å². The molecule has 0 bridgehead atoms. The molecule has 0 aliphatic carbocycles. The zero-order valence-electron chi connectivity index (χ0n) is 37.6. The Kier molecular flexibility index (Phi) is 40.8. The Bertz CT molecular complexity index is 839. The van der Waals surface area contributed by atoms with Gasteiger partial charge in [0.15, 0.2) is 6.10 Å². The standard InChI is InChI=1S/C49H94O6/c1-6-7-8-9-10-11-13-20-26-31-36-41-49(52)55-46(43-54-48(51)40-35-30-25-21-16-18-23-28-33-38-45(4)5)42-53-47(50)39-34-29-24-19-15-12-14-17-22-27-32-37-44(2)3/h44-46H,6-43H2,1-5H3/t46-/m0/s1. The number of rotatable bonds is 43. The van der Waals surface area contributed by atoms with Gasteiger partial charge in [0.05, 0.1) is 0 Å². The van der Waals surface area contributed by atoms with Gasteiger partial charge in [-0.25, -0.2) is 0 Å². The van der Waals surface area contributed by atoms with Crippen LogP contribution in [-0.4, -0.2) is 37.2 Å². The van der Waals surface area contributed by atoms with Crippen LogP contribution in [0.5, 0.6) is 0 Å². The molecule has 0 aliphatic heterocycles. The zero-order valence-corrected chi connectivity index (χ0v) is 37.6. The highest BCUT2D eigenvalue weighted by atomic mass is 16.6. The van der Waals surface area contributed by atoms with Gasteiger partial charge in [-0.1, -0.05) is 227 Å². The first-order valence-electron chi connectivity index (χ1n) is 24.2. The summed E-state index contributed by atoms with van der Waals surface area (Å²) in [4.78, 5) is 37.8. The van der Waals surface area contributed by atoms with Gasteiger partial charge >= 0.3 is 17.9 Å². The van der Waals surface area contributed by atoms with E-state index in [1.54, 1.807) is 0 Å². The summed E-state index contributed by atoms with van der Waals surface area (Å²) in [6, 6.07) is 0. The lowest BCUT2D eigenvalue weighted by molar-refractivity contribution is -0.167. The van der Waals surface area contributed by atoms with Crippen molar-refractivity contribution in [3.05, 3.63) is 0 Å². The van der Waals surface area contributed by atoms with Gasteiger partial charge in [0.1, 0.15) is 13.2 Å². The molecule has 0 aromatic rings. The lowest BCUT2D eigenvalue weighted by Gasteiger charge is -2.18. The number of carbonyl (C=O) groups excluding carboxylic acids is 3. The number of ether oxygens (including phenoxy) is 3. The Morgan fingerprint density at radius 2 is 0.600 bits per heavy atom. The predicted molar refractivity (Wildman–Crippen MR) is 233 cm³/mol. The number of unbranched alkanes of at least 4 members (excludes halogenated alkanes) is 28. The van der Waals surface area contributed by atoms with Gasteiger partial charge in [-0.3, -0.25) is 14.4 Å². The topological polar surface area (TPSA) is 78.9 Å². The fraction of sp³-hybridized carbons (Fsp3) is 0.939. The molecule has 0 spiro atoms. The highest BCUT2D eigenvalue weighted by Gasteiger charge is 2.19. The van der Waals surface area contributed by atoms with Crippen molar-refractivity contribution in [2.75, 3.05) is 13.2 Å².